The maximum absolute atomic E-state index is 11.7. The predicted molar refractivity (Wildman–Crippen MR) is 67.1 cm³/mol. The van der Waals surface area contributed by atoms with Gasteiger partial charge in [-0.05, 0) is 31.1 Å². The lowest BCUT2D eigenvalue weighted by molar-refractivity contribution is -0.125. The predicted octanol–water partition coefficient (Wildman–Crippen LogP) is 2.96. The molecule has 0 aromatic rings. The molecule has 2 nitrogen and oxygen atoms in total. The molecule has 3 heteroatoms. The smallest absolute Gasteiger partial charge is 0.223 e. The molecule has 15 heavy (non-hydrogen) atoms. The molecule has 1 N–H and O–H groups in total. The summed E-state index contributed by atoms with van der Waals surface area (Å²) < 4.78 is 0. The monoisotopic (exact) mass is 275 g/mol. The van der Waals surface area contributed by atoms with Crippen molar-refractivity contribution >= 4 is 21.8 Å². The van der Waals surface area contributed by atoms with E-state index in [2.05, 4.69) is 35.1 Å². The van der Waals surface area contributed by atoms with Crippen LogP contribution in [0, 0.1) is 17.8 Å². The Labute approximate surface area is 101 Å². The second kappa shape index (κ2) is 5.88. The Hall–Kier alpha value is -0.0500. The molecule has 0 heterocycles. The molecule has 2 unspecified atom stereocenters. The zero-order valence-corrected chi connectivity index (χ0v) is 11.5. The molecule has 88 valence electrons. The Morgan fingerprint density at radius 3 is 2.47 bits per heavy atom. The van der Waals surface area contributed by atoms with E-state index < -0.39 is 0 Å². The summed E-state index contributed by atoms with van der Waals surface area (Å²) in [5.41, 5.74) is 0. The molecule has 1 saturated carbocycles. The molecule has 1 aliphatic rings. The molecule has 0 spiro atoms. The van der Waals surface area contributed by atoms with Crippen LogP contribution in [0.25, 0.3) is 0 Å². The maximum Gasteiger partial charge on any atom is 0.223 e. The SMILES string of the molecule is CC(C)CC(Br)CNC(=O)C(C)C1CC1. The molecule has 1 amide bonds. The number of hydrogen-bond acceptors (Lipinski definition) is 1. The van der Waals surface area contributed by atoms with Gasteiger partial charge in [-0.1, -0.05) is 36.7 Å². The highest BCUT2D eigenvalue weighted by Crippen LogP contribution is 2.36. The highest BCUT2D eigenvalue weighted by atomic mass is 79.9. The van der Waals surface area contributed by atoms with Crippen molar-refractivity contribution in [2.75, 3.05) is 6.54 Å². The van der Waals surface area contributed by atoms with E-state index in [1.165, 1.54) is 12.8 Å². The minimum absolute atomic E-state index is 0.212. The molecule has 0 bridgehead atoms. The lowest BCUT2D eigenvalue weighted by atomic mass is 10.1. The molecule has 0 aromatic carbocycles. The zero-order valence-electron chi connectivity index (χ0n) is 9.92. The Morgan fingerprint density at radius 1 is 1.40 bits per heavy atom. The number of rotatable bonds is 6. The molecule has 0 radical (unpaired) electrons. The van der Waals surface area contributed by atoms with Crippen molar-refractivity contribution in [1.82, 2.24) is 5.32 Å². The summed E-state index contributed by atoms with van der Waals surface area (Å²) in [6.45, 7) is 7.19. The fraction of sp³-hybridized carbons (Fsp3) is 0.917. The number of carbonyl (C=O) groups excluding carboxylic acids is 1. The van der Waals surface area contributed by atoms with E-state index in [4.69, 9.17) is 0 Å². The summed E-state index contributed by atoms with van der Waals surface area (Å²) in [4.78, 5) is 12.1. The largest absolute Gasteiger partial charge is 0.355 e. The summed E-state index contributed by atoms with van der Waals surface area (Å²) in [5.74, 6) is 1.77. The first kappa shape index (κ1) is 13.0. The highest BCUT2D eigenvalue weighted by Gasteiger charge is 2.32. The molecule has 2 atom stereocenters. The van der Waals surface area contributed by atoms with Gasteiger partial charge in [0.1, 0.15) is 0 Å². The van der Waals surface area contributed by atoms with Crippen molar-refractivity contribution in [2.45, 2.75) is 44.9 Å². The fourth-order valence-electron chi connectivity index (χ4n) is 1.78. The van der Waals surface area contributed by atoms with E-state index in [1.54, 1.807) is 0 Å². The summed E-state index contributed by atoms with van der Waals surface area (Å²) >= 11 is 3.59. The van der Waals surface area contributed by atoms with Crippen LogP contribution in [-0.2, 0) is 4.79 Å². The molecule has 1 rings (SSSR count). The van der Waals surface area contributed by atoms with Gasteiger partial charge in [-0.15, -0.1) is 0 Å². The number of alkyl halides is 1. The first-order valence-corrected chi connectivity index (χ1v) is 6.84. The van der Waals surface area contributed by atoms with Gasteiger partial charge in [-0.3, -0.25) is 4.79 Å². The molecule has 0 aliphatic heterocycles. The van der Waals surface area contributed by atoms with Crippen LogP contribution < -0.4 is 5.32 Å². The number of hydrogen-bond donors (Lipinski definition) is 1. The van der Waals surface area contributed by atoms with Gasteiger partial charge in [0.05, 0.1) is 0 Å². The fourth-order valence-corrected chi connectivity index (χ4v) is 2.69. The third-order valence-corrected chi connectivity index (χ3v) is 3.67. The van der Waals surface area contributed by atoms with Crippen LogP contribution in [0.15, 0.2) is 0 Å². The quantitative estimate of drug-likeness (QED) is 0.742. The van der Waals surface area contributed by atoms with Gasteiger partial charge in [0.2, 0.25) is 5.91 Å². The van der Waals surface area contributed by atoms with Crippen molar-refractivity contribution in [3.63, 3.8) is 0 Å². The third-order valence-electron chi connectivity index (χ3n) is 2.97. The normalized spacial score (nSPS) is 20.1. The average Bonchev–Trinajstić information content (AvgIpc) is 2.95. The second-order valence-corrected chi connectivity index (χ2v) is 6.39. The summed E-state index contributed by atoms with van der Waals surface area (Å²) in [5, 5.41) is 3.02. The lowest BCUT2D eigenvalue weighted by Gasteiger charge is -2.15. The Bertz CT molecular complexity index is 214. The van der Waals surface area contributed by atoms with Crippen LogP contribution in [0.5, 0.6) is 0 Å². The van der Waals surface area contributed by atoms with Crippen LogP contribution >= 0.6 is 15.9 Å². The van der Waals surface area contributed by atoms with Crippen molar-refractivity contribution in [3.05, 3.63) is 0 Å². The number of amides is 1. The maximum atomic E-state index is 11.7. The van der Waals surface area contributed by atoms with Gasteiger partial charge >= 0.3 is 0 Å². The van der Waals surface area contributed by atoms with Gasteiger partial charge in [0.25, 0.3) is 0 Å². The number of carbonyl (C=O) groups is 1. The van der Waals surface area contributed by atoms with Gasteiger partial charge < -0.3 is 5.32 Å². The average molecular weight is 276 g/mol. The minimum Gasteiger partial charge on any atom is -0.355 e. The summed E-state index contributed by atoms with van der Waals surface area (Å²) in [6, 6.07) is 0. The molecular weight excluding hydrogens is 254 g/mol. The van der Waals surface area contributed by atoms with Gasteiger partial charge in [-0.2, -0.15) is 0 Å². The molecule has 1 fully saturated rings. The van der Waals surface area contributed by atoms with Crippen LogP contribution in [-0.4, -0.2) is 17.3 Å². The van der Waals surface area contributed by atoms with Gasteiger partial charge in [-0.25, -0.2) is 0 Å². The molecule has 0 saturated heterocycles. The molecule has 0 aromatic heterocycles. The van der Waals surface area contributed by atoms with Crippen LogP contribution in [0.1, 0.15) is 40.0 Å². The summed E-state index contributed by atoms with van der Waals surface area (Å²) in [6.07, 6.45) is 3.58. The third kappa shape index (κ3) is 5.01. The first-order chi connectivity index (χ1) is 7.00. The second-order valence-electron chi connectivity index (χ2n) is 5.10. The van der Waals surface area contributed by atoms with Crippen molar-refractivity contribution in [2.24, 2.45) is 17.8 Å². The van der Waals surface area contributed by atoms with E-state index in [-0.39, 0.29) is 11.8 Å². The van der Waals surface area contributed by atoms with E-state index in [9.17, 15) is 4.79 Å². The van der Waals surface area contributed by atoms with Gasteiger partial charge in [0, 0.05) is 17.3 Å². The van der Waals surface area contributed by atoms with E-state index >= 15 is 0 Å². The topological polar surface area (TPSA) is 29.1 Å². The van der Waals surface area contributed by atoms with E-state index in [0.717, 1.165) is 13.0 Å². The Morgan fingerprint density at radius 2 is 2.00 bits per heavy atom. The number of halogens is 1. The van der Waals surface area contributed by atoms with Crippen LogP contribution in [0.4, 0.5) is 0 Å². The van der Waals surface area contributed by atoms with Crippen LogP contribution in [0.3, 0.4) is 0 Å². The molecular formula is C12H22BrNO. The lowest BCUT2D eigenvalue weighted by Crippen LogP contribution is -2.34. The Balaban J connectivity index is 2.15. The van der Waals surface area contributed by atoms with Gasteiger partial charge in [0.15, 0.2) is 0 Å². The Kier molecular flexibility index (Phi) is 5.10. The zero-order chi connectivity index (χ0) is 11.4. The minimum atomic E-state index is 0.212. The number of nitrogens with one attached hydrogen (secondary N) is 1. The first-order valence-electron chi connectivity index (χ1n) is 5.92. The van der Waals surface area contributed by atoms with Crippen molar-refractivity contribution < 1.29 is 4.79 Å². The summed E-state index contributed by atoms with van der Waals surface area (Å²) in [7, 11) is 0. The highest BCUT2D eigenvalue weighted by molar-refractivity contribution is 9.09. The van der Waals surface area contributed by atoms with E-state index in [1.807, 2.05) is 6.92 Å². The van der Waals surface area contributed by atoms with Crippen molar-refractivity contribution in [3.8, 4) is 0 Å². The van der Waals surface area contributed by atoms with Crippen molar-refractivity contribution in [1.29, 1.82) is 0 Å². The molecule has 1 aliphatic carbocycles. The van der Waals surface area contributed by atoms with Crippen LogP contribution in [0.2, 0.25) is 0 Å². The standard InChI is InChI=1S/C12H22BrNO/c1-8(2)6-11(13)7-14-12(15)9(3)10-4-5-10/h8-11H,4-7H2,1-3H3,(H,14,15). The van der Waals surface area contributed by atoms with E-state index in [0.29, 0.717) is 16.7 Å².